The number of hydrogen-bond acceptors (Lipinski definition) is 2. The molecule has 0 aliphatic carbocycles. The molecule has 1 aromatic rings. The Bertz CT molecular complexity index is 348. The van der Waals surface area contributed by atoms with Gasteiger partial charge in [-0.1, -0.05) is 29.8 Å². The summed E-state index contributed by atoms with van der Waals surface area (Å²) in [5.74, 6) is -0.0879. The van der Waals surface area contributed by atoms with Gasteiger partial charge in [0, 0.05) is 0 Å². The minimum Gasteiger partial charge on any atom is -0.372 e. The molecule has 5 heteroatoms. The van der Waals surface area contributed by atoms with Crippen molar-refractivity contribution in [3.8, 4) is 0 Å². The summed E-state index contributed by atoms with van der Waals surface area (Å²) in [7, 11) is 0. The predicted molar refractivity (Wildman–Crippen MR) is 64.3 cm³/mol. The number of nitrogens with two attached hydrogens (primary N) is 1. The molecule has 0 saturated carbocycles. The molecule has 0 aromatic heterocycles. The number of ether oxygens (including phenoxy) is 1. The van der Waals surface area contributed by atoms with E-state index in [4.69, 9.17) is 5.73 Å². The number of hydrogen-bond donors (Lipinski definition) is 1. The zero-order valence-electron chi connectivity index (χ0n) is 10.3. The summed E-state index contributed by atoms with van der Waals surface area (Å²) in [6.45, 7) is 1.11. The van der Waals surface area contributed by atoms with Gasteiger partial charge in [-0.15, -0.1) is 0 Å². The van der Waals surface area contributed by atoms with Crippen molar-refractivity contribution in [2.24, 2.45) is 11.7 Å². The second-order valence-corrected chi connectivity index (χ2v) is 4.42. The van der Waals surface area contributed by atoms with E-state index >= 15 is 0 Å². The second kappa shape index (κ2) is 6.75. The quantitative estimate of drug-likeness (QED) is 0.854. The fourth-order valence-corrected chi connectivity index (χ4v) is 1.61. The molecule has 0 fully saturated rings. The van der Waals surface area contributed by atoms with Crippen LogP contribution >= 0.6 is 0 Å². The molecule has 1 unspecified atom stereocenters. The summed E-state index contributed by atoms with van der Waals surface area (Å²) in [6.07, 6.45) is -3.64. The van der Waals surface area contributed by atoms with Crippen molar-refractivity contribution in [3.05, 3.63) is 35.4 Å². The average molecular weight is 261 g/mol. The van der Waals surface area contributed by atoms with E-state index in [1.54, 1.807) is 0 Å². The number of alkyl halides is 3. The summed E-state index contributed by atoms with van der Waals surface area (Å²) < 4.78 is 40.4. The van der Waals surface area contributed by atoms with Crippen LogP contribution in [0.1, 0.15) is 11.1 Å². The molecule has 0 bridgehead atoms. The lowest BCUT2D eigenvalue weighted by molar-refractivity contribution is -0.176. The molecule has 0 aliphatic rings. The predicted octanol–water partition coefficient (Wildman–Crippen LogP) is 2.69. The molecular formula is C13H18F3NO. The average Bonchev–Trinajstić information content (AvgIpc) is 2.29. The molecule has 1 aromatic carbocycles. The van der Waals surface area contributed by atoms with Crippen LogP contribution in [0.4, 0.5) is 13.2 Å². The topological polar surface area (TPSA) is 35.2 Å². The summed E-state index contributed by atoms with van der Waals surface area (Å²) in [5, 5.41) is 0. The van der Waals surface area contributed by atoms with E-state index in [1.807, 2.05) is 31.2 Å². The van der Waals surface area contributed by atoms with Crippen LogP contribution in [0.15, 0.2) is 24.3 Å². The highest BCUT2D eigenvalue weighted by Crippen LogP contribution is 2.16. The number of aryl methyl sites for hydroxylation is 1. The van der Waals surface area contributed by atoms with Crippen LogP contribution in [0.2, 0.25) is 0 Å². The highest BCUT2D eigenvalue weighted by atomic mass is 19.4. The molecular weight excluding hydrogens is 243 g/mol. The summed E-state index contributed by atoms with van der Waals surface area (Å²) in [5.41, 5.74) is 7.75. The van der Waals surface area contributed by atoms with E-state index in [9.17, 15) is 13.2 Å². The first kappa shape index (κ1) is 15.0. The van der Waals surface area contributed by atoms with Gasteiger partial charge in [0.15, 0.2) is 0 Å². The van der Waals surface area contributed by atoms with Crippen molar-refractivity contribution < 1.29 is 17.9 Å². The monoisotopic (exact) mass is 261 g/mol. The standard InChI is InChI=1S/C13H18F3NO/c1-10-2-4-11(5-3-10)6-12(7-17)8-18-9-13(14,15)16/h2-5,12H,6-9,17H2,1H3. The molecule has 1 atom stereocenters. The van der Waals surface area contributed by atoms with Gasteiger partial charge in [-0.25, -0.2) is 0 Å². The fourth-order valence-electron chi connectivity index (χ4n) is 1.61. The Morgan fingerprint density at radius 3 is 2.33 bits per heavy atom. The van der Waals surface area contributed by atoms with Crippen LogP contribution < -0.4 is 5.73 Å². The van der Waals surface area contributed by atoms with Gasteiger partial charge in [0.1, 0.15) is 6.61 Å². The largest absolute Gasteiger partial charge is 0.411 e. The van der Waals surface area contributed by atoms with Gasteiger partial charge in [0.2, 0.25) is 0 Å². The van der Waals surface area contributed by atoms with Crippen LogP contribution in [0, 0.1) is 12.8 Å². The fraction of sp³-hybridized carbons (Fsp3) is 0.538. The number of benzene rings is 1. The van der Waals surface area contributed by atoms with Crippen molar-refractivity contribution in [3.63, 3.8) is 0 Å². The van der Waals surface area contributed by atoms with Crippen molar-refractivity contribution in [1.29, 1.82) is 0 Å². The lowest BCUT2D eigenvalue weighted by Crippen LogP contribution is -2.25. The molecule has 0 heterocycles. The highest BCUT2D eigenvalue weighted by molar-refractivity contribution is 5.21. The van der Waals surface area contributed by atoms with Crippen LogP contribution in [0.25, 0.3) is 0 Å². The van der Waals surface area contributed by atoms with Gasteiger partial charge >= 0.3 is 6.18 Å². The summed E-state index contributed by atoms with van der Waals surface area (Å²) in [6, 6.07) is 7.86. The lowest BCUT2D eigenvalue weighted by Gasteiger charge is -2.16. The highest BCUT2D eigenvalue weighted by Gasteiger charge is 2.27. The maximum absolute atomic E-state index is 11.9. The molecule has 1 rings (SSSR count). The van der Waals surface area contributed by atoms with E-state index in [0.29, 0.717) is 13.0 Å². The molecule has 0 saturated heterocycles. The first-order valence-corrected chi connectivity index (χ1v) is 5.81. The first-order chi connectivity index (χ1) is 8.40. The zero-order chi connectivity index (χ0) is 13.6. The van der Waals surface area contributed by atoms with Gasteiger partial charge in [-0.2, -0.15) is 13.2 Å². The lowest BCUT2D eigenvalue weighted by atomic mass is 9.99. The SMILES string of the molecule is Cc1ccc(CC(CN)COCC(F)(F)F)cc1. The van der Waals surface area contributed by atoms with E-state index < -0.39 is 12.8 Å². The smallest absolute Gasteiger partial charge is 0.372 e. The van der Waals surface area contributed by atoms with Crippen LogP contribution in [0.5, 0.6) is 0 Å². The molecule has 0 spiro atoms. The molecule has 2 nitrogen and oxygen atoms in total. The minimum absolute atomic E-state index is 0.0316. The van der Waals surface area contributed by atoms with Crippen LogP contribution in [0.3, 0.4) is 0 Å². The Morgan fingerprint density at radius 1 is 1.22 bits per heavy atom. The molecule has 0 radical (unpaired) electrons. The third-order valence-electron chi connectivity index (χ3n) is 2.60. The van der Waals surface area contributed by atoms with Crippen molar-refractivity contribution >= 4 is 0 Å². The van der Waals surface area contributed by atoms with Crippen molar-refractivity contribution in [2.75, 3.05) is 19.8 Å². The minimum atomic E-state index is -4.27. The van der Waals surface area contributed by atoms with Crippen molar-refractivity contribution in [2.45, 2.75) is 19.5 Å². The molecule has 102 valence electrons. The van der Waals surface area contributed by atoms with Gasteiger partial charge in [0.05, 0.1) is 6.61 Å². The second-order valence-electron chi connectivity index (χ2n) is 4.42. The van der Waals surface area contributed by atoms with Gasteiger partial charge in [-0.3, -0.25) is 0 Å². The van der Waals surface area contributed by atoms with E-state index in [2.05, 4.69) is 4.74 Å². The van der Waals surface area contributed by atoms with E-state index in [0.717, 1.165) is 11.1 Å². The molecule has 18 heavy (non-hydrogen) atoms. The Hall–Kier alpha value is -1.07. The third-order valence-corrected chi connectivity index (χ3v) is 2.60. The van der Waals surface area contributed by atoms with Crippen molar-refractivity contribution in [1.82, 2.24) is 0 Å². The van der Waals surface area contributed by atoms with Gasteiger partial charge < -0.3 is 10.5 Å². The third kappa shape index (κ3) is 6.02. The Balaban J connectivity index is 2.40. The maximum Gasteiger partial charge on any atom is 0.411 e. The van der Waals surface area contributed by atoms with E-state index in [-0.39, 0.29) is 12.5 Å². The summed E-state index contributed by atoms with van der Waals surface area (Å²) in [4.78, 5) is 0. The normalized spacial score (nSPS) is 13.6. The van der Waals surface area contributed by atoms with Crippen LogP contribution in [-0.4, -0.2) is 25.9 Å². The Morgan fingerprint density at radius 2 is 1.83 bits per heavy atom. The van der Waals surface area contributed by atoms with Gasteiger partial charge in [-0.05, 0) is 31.4 Å². The zero-order valence-corrected chi connectivity index (χ0v) is 10.3. The van der Waals surface area contributed by atoms with E-state index in [1.165, 1.54) is 0 Å². The number of halogens is 3. The molecule has 0 aliphatic heterocycles. The first-order valence-electron chi connectivity index (χ1n) is 5.81. The molecule has 2 N–H and O–H groups in total. The Kier molecular flexibility index (Phi) is 5.62. The molecule has 0 amide bonds. The number of rotatable bonds is 6. The van der Waals surface area contributed by atoms with Gasteiger partial charge in [0.25, 0.3) is 0 Å². The van der Waals surface area contributed by atoms with Crippen LogP contribution in [-0.2, 0) is 11.2 Å². The Labute approximate surface area is 105 Å². The maximum atomic E-state index is 11.9. The summed E-state index contributed by atoms with van der Waals surface area (Å²) >= 11 is 0.